The smallest absolute Gasteiger partial charge is 0.188 e. The van der Waals surface area contributed by atoms with Gasteiger partial charge < -0.3 is 9.47 Å². The summed E-state index contributed by atoms with van der Waals surface area (Å²) in [6.07, 6.45) is 0. The Labute approximate surface area is 84.8 Å². The van der Waals surface area contributed by atoms with Gasteiger partial charge in [0.25, 0.3) is 0 Å². The quantitative estimate of drug-likeness (QED) is 0.767. The number of methoxy groups -OCH3 is 1. The van der Waals surface area contributed by atoms with Gasteiger partial charge in [-0.2, -0.15) is 0 Å². The van der Waals surface area contributed by atoms with E-state index in [-0.39, 0.29) is 12.6 Å². The Hall–Kier alpha value is -0.610. The molecule has 0 heterocycles. The Morgan fingerprint density at radius 2 is 2.15 bits per heavy atom. The first-order valence-corrected chi connectivity index (χ1v) is 4.52. The third-order valence-corrected chi connectivity index (χ3v) is 2.42. The van der Waals surface area contributed by atoms with E-state index in [1.54, 1.807) is 0 Å². The van der Waals surface area contributed by atoms with Crippen molar-refractivity contribution in [2.75, 3.05) is 13.9 Å². The minimum atomic E-state index is -0.330. The maximum atomic E-state index is 12.9. The lowest BCUT2D eigenvalue weighted by molar-refractivity contribution is 0.0503. The highest BCUT2D eigenvalue weighted by Crippen LogP contribution is 2.27. The van der Waals surface area contributed by atoms with Crippen LogP contribution in [0.15, 0.2) is 16.6 Å². The zero-order valence-corrected chi connectivity index (χ0v) is 9.02. The molecule has 0 unspecified atom stereocenters. The van der Waals surface area contributed by atoms with E-state index in [4.69, 9.17) is 9.47 Å². The summed E-state index contributed by atoms with van der Waals surface area (Å²) in [7, 11) is 1.52. The fourth-order valence-electron chi connectivity index (χ4n) is 0.894. The molecular formula is C9H10BrFO2. The predicted molar refractivity (Wildman–Crippen MR) is 51.3 cm³/mol. The van der Waals surface area contributed by atoms with Crippen molar-refractivity contribution in [1.82, 2.24) is 0 Å². The van der Waals surface area contributed by atoms with Crippen LogP contribution in [0.2, 0.25) is 0 Å². The van der Waals surface area contributed by atoms with Crippen LogP contribution in [0.5, 0.6) is 5.75 Å². The molecule has 0 aliphatic carbocycles. The molecule has 0 amide bonds. The molecule has 4 heteroatoms. The Bertz CT molecular complexity index is 302. The first kappa shape index (κ1) is 10.5. The predicted octanol–water partition coefficient (Wildman–Crippen LogP) is 2.88. The maximum absolute atomic E-state index is 12.9. The summed E-state index contributed by atoms with van der Waals surface area (Å²) >= 11 is 3.23. The van der Waals surface area contributed by atoms with Gasteiger partial charge in [0, 0.05) is 23.2 Å². The Kier molecular flexibility index (Phi) is 3.69. The summed E-state index contributed by atoms with van der Waals surface area (Å²) in [5, 5.41) is 0. The average molecular weight is 249 g/mol. The van der Waals surface area contributed by atoms with Gasteiger partial charge in [0.15, 0.2) is 6.79 Å². The van der Waals surface area contributed by atoms with Crippen LogP contribution in [0.1, 0.15) is 5.56 Å². The zero-order valence-electron chi connectivity index (χ0n) is 7.43. The lowest BCUT2D eigenvalue weighted by Crippen LogP contribution is -2.01. The van der Waals surface area contributed by atoms with Gasteiger partial charge in [-0.25, -0.2) is 4.39 Å². The van der Waals surface area contributed by atoms with Gasteiger partial charge in [-0.1, -0.05) is 15.9 Å². The molecule has 72 valence electrons. The van der Waals surface area contributed by atoms with Gasteiger partial charge in [-0.05, 0) is 13.0 Å². The molecule has 0 radical (unpaired) electrons. The maximum Gasteiger partial charge on any atom is 0.188 e. The van der Waals surface area contributed by atoms with Gasteiger partial charge in [0.1, 0.15) is 11.6 Å². The Balaban J connectivity index is 2.92. The van der Waals surface area contributed by atoms with Crippen LogP contribution in [0.3, 0.4) is 0 Å². The topological polar surface area (TPSA) is 18.5 Å². The SMILES string of the molecule is COCOc1cc(F)cc(Br)c1C. The van der Waals surface area contributed by atoms with E-state index >= 15 is 0 Å². The lowest BCUT2D eigenvalue weighted by Gasteiger charge is -2.09. The molecule has 1 aromatic rings. The summed E-state index contributed by atoms with van der Waals surface area (Å²) in [4.78, 5) is 0. The average Bonchev–Trinajstić information content (AvgIpc) is 2.09. The molecule has 0 aromatic heterocycles. The molecule has 0 N–H and O–H groups in total. The second-order valence-corrected chi connectivity index (χ2v) is 3.42. The molecular weight excluding hydrogens is 239 g/mol. The molecule has 0 bridgehead atoms. The minimum Gasteiger partial charge on any atom is -0.467 e. The van der Waals surface area contributed by atoms with Gasteiger partial charge in [-0.15, -0.1) is 0 Å². The summed E-state index contributed by atoms with van der Waals surface area (Å²) in [6, 6.07) is 2.73. The highest BCUT2D eigenvalue weighted by atomic mass is 79.9. The van der Waals surface area contributed by atoms with Crippen LogP contribution in [0.4, 0.5) is 4.39 Å². The summed E-state index contributed by atoms with van der Waals surface area (Å²) in [6.45, 7) is 1.96. The van der Waals surface area contributed by atoms with E-state index in [1.165, 1.54) is 19.2 Å². The molecule has 0 atom stereocenters. The van der Waals surface area contributed by atoms with E-state index in [2.05, 4.69) is 15.9 Å². The van der Waals surface area contributed by atoms with E-state index < -0.39 is 0 Å². The molecule has 0 aliphatic rings. The summed E-state index contributed by atoms with van der Waals surface area (Å²) in [5.74, 6) is 0.164. The van der Waals surface area contributed by atoms with E-state index in [1.807, 2.05) is 6.92 Å². The highest BCUT2D eigenvalue weighted by Gasteiger charge is 2.05. The number of rotatable bonds is 3. The molecule has 0 saturated carbocycles. The third kappa shape index (κ3) is 2.67. The molecule has 0 saturated heterocycles. The fourth-order valence-corrected chi connectivity index (χ4v) is 1.31. The van der Waals surface area contributed by atoms with Crippen molar-refractivity contribution in [2.24, 2.45) is 0 Å². The molecule has 0 fully saturated rings. The van der Waals surface area contributed by atoms with E-state index in [9.17, 15) is 4.39 Å². The molecule has 0 aliphatic heterocycles. The molecule has 2 nitrogen and oxygen atoms in total. The van der Waals surface area contributed by atoms with Crippen molar-refractivity contribution in [3.63, 3.8) is 0 Å². The van der Waals surface area contributed by atoms with Crippen LogP contribution < -0.4 is 4.74 Å². The van der Waals surface area contributed by atoms with Crippen LogP contribution in [-0.2, 0) is 4.74 Å². The normalized spacial score (nSPS) is 10.2. The van der Waals surface area contributed by atoms with Crippen molar-refractivity contribution in [3.05, 3.63) is 28.0 Å². The zero-order chi connectivity index (χ0) is 9.84. The minimum absolute atomic E-state index is 0.122. The molecule has 1 aromatic carbocycles. The first-order valence-electron chi connectivity index (χ1n) is 3.72. The van der Waals surface area contributed by atoms with Crippen LogP contribution in [-0.4, -0.2) is 13.9 Å². The number of hydrogen-bond acceptors (Lipinski definition) is 2. The summed E-state index contributed by atoms with van der Waals surface area (Å²) in [5.41, 5.74) is 0.860. The van der Waals surface area contributed by atoms with Gasteiger partial charge in [0.2, 0.25) is 0 Å². The van der Waals surface area contributed by atoms with Gasteiger partial charge in [-0.3, -0.25) is 0 Å². The number of hydrogen-bond donors (Lipinski definition) is 0. The van der Waals surface area contributed by atoms with Gasteiger partial charge >= 0.3 is 0 Å². The molecule has 0 spiro atoms. The molecule has 13 heavy (non-hydrogen) atoms. The van der Waals surface area contributed by atoms with Crippen molar-refractivity contribution in [1.29, 1.82) is 0 Å². The standard InChI is InChI=1S/C9H10BrFO2/c1-6-8(10)3-7(11)4-9(6)13-5-12-2/h3-4H,5H2,1-2H3. The second kappa shape index (κ2) is 4.58. The lowest BCUT2D eigenvalue weighted by atomic mass is 10.2. The Morgan fingerprint density at radius 3 is 2.77 bits per heavy atom. The van der Waals surface area contributed by atoms with Crippen molar-refractivity contribution >= 4 is 15.9 Å². The Morgan fingerprint density at radius 1 is 1.46 bits per heavy atom. The van der Waals surface area contributed by atoms with Crippen LogP contribution >= 0.6 is 15.9 Å². The highest BCUT2D eigenvalue weighted by molar-refractivity contribution is 9.10. The third-order valence-electron chi connectivity index (χ3n) is 1.59. The number of benzene rings is 1. The van der Waals surface area contributed by atoms with Crippen molar-refractivity contribution in [2.45, 2.75) is 6.92 Å². The van der Waals surface area contributed by atoms with Crippen LogP contribution in [0, 0.1) is 12.7 Å². The number of ether oxygens (including phenoxy) is 2. The fraction of sp³-hybridized carbons (Fsp3) is 0.333. The van der Waals surface area contributed by atoms with E-state index in [0.29, 0.717) is 10.2 Å². The summed E-state index contributed by atoms with van der Waals surface area (Å²) < 4.78 is 23.5. The monoisotopic (exact) mass is 248 g/mol. The largest absolute Gasteiger partial charge is 0.467 e. The van der Waals surface area contributed by atoms with Crippen LogP contribution in [0.25, 0.3) is 0 Å². The van der Waals surface area contributed by atoms with Crippen molar-refractivity contribution < 1.29 is 13.9 Å². The second-order valence-electron chi connectivity index (χ2n) is 2.56. The molecule has 1 rings (SSSR count). The number of halogens is 2. The first-order chi connectivity index (χ1) is 6.15. The van der Waals surface area contributed by atoms with Crippen molar-refractivity contribution in [3.8, 4) is 5.75 Å². The van der Waals surface area contributed by atoms with E-state index in [0.717, 1.165) is 5.56 Å². The van der Waals surface area contributed by atoms with Gasteiger partial charge in [0.05, 0.1) is 0 Å².